The van der Waals surface area contributed by atoms with E-state index in [0.29, 0.717) is 12.3 Å². The second kappa shape index (κ2) is 5.00. The molecular formula is C13H18N2OS. The zero-order valence-corrected chi connectivity index (χ0v) is 11.2. The quantitative estimate of drug-likeness (QED) is 0.818. The molecule has 92 valence electrons. The first kappa shape index (κ1) is 12.3. The maximum Gasteiger partial charge on any atom is 0.320 e. The normalized spacial score (nSPS) is 20.2. The van der Waals surface area contributed by atoms with Gasteiger partial charge in [-0.2, -0.15) is 12.6 Å². The Morgan fingerprint density at radius 3 is 2.76 bits per heavy atom. The smallest absolute Gasteiger partial charge is 0.320 e. The second-order valence-corrected chi connectivity index (χ2v) is 4.88. The van der Waals surface area contributed by atoms with Gasteiger partial charge in [0.2, 0.25) is 0 Å². The first-order chi connectivity index (χ1) is 8.15. The Bertz CT molecular complexity index is 422. The third-order valence-corrected chi connectivity index (χ3v) is 3.55. The number of nitrogens with zero attached hydrogens (tertiary/aromatic N) is 2. The van der Waals surface area contributed by atoms with Crippen molar-refractivity contribution in [3.63, 3.8) is 0 Å². The van der Waals surface area contributed by atoms with Crippen LogP contribution in [0.25, 0.3) is 0 Å². The van der Waals surface area contributed by atoms with Crippen LogP contribution in [0.3, 0.4) is 0 Å². The van der Waals surface area contributed by atoms with Gasteiger partial charge in [0.15, 0.2) is 0 Å². The number of amides is 2. The van der Waals surface area contributed by atoms with Crippen molar-refractivity contribution in [2.75, 3.05) is 25.9 Å². The van der Waals surface area contributed by atoms with Crippen LogP contribution in [0.2, 0.25) is 0 Å². The molecule has 4 heteroatoms. The molecule has 1 aliphatic heterocycles. The summed E-state index contributed by atoms with van der Waals surface area (Å²) >= 11 is 4.19. The highest BCUT2D eigenvalue weighted by Gasteiger charge is 2.35. The van der Waals surface area contributed by atoms with E-state index in [9.17, 15) is 4.79 Å². The van der Waals surface area contributed by atoms with Gasteiger partial charge in [-0.15, -0.1) is 0 Å². The highest BCUT2D eigenvalue weighted by Crippen LogP contribution is 2.29. The van der Waals surface area contributed by atoms with E-state index in [4.69, 9.17) is 0 Å². The van der Waals surface area contributed by atoms with Gasteiger partial charge in [0, 0.05) is 25.9 Å². The van der Waals surface area contributed by atoms with Crippen LogP contribution in [0, 0.1) is 6.92 Å². The van der Waals surface area contributed by atoms with E-state index >= 15 is 0 Å². The van der Waals surface area contributed by atoms with Crippen LogP contribution in [0.1, 0.15) is 17.2 Å². The molecule has 1 heterocycles. The van der Waals surface area contributed by atoms with Crippen LogP contribution < -0.4 is 0 Å². The fourth-order valence-electron chi connectivity index (χ4n) is 2.34. The van der Waals surface area contributed by atoms with Gasteiger partial charge in [-0.25, -0.2) is 4.79 Å². The Balaban J connectivity index is 2.24. The van der Waals surface area contributed by atoms with E-state index in [1.165, 1.54) is 11.1 Å². The summed E-state index contributed by atoms with van der Waals surface area (Å²) in [5.74, 6) is 0.708. The lowest BCUT2D eigenvalue weighted by Crippen LogP contribution is -2.31. The van der Waals surface area contributed by atoms with Crippen molar-refractivity contribution < 1.29 is 4.79 Å². The lowest BCUT2D eigenvalue weighted by Gasteiger charge is -2.19. The number of aryl methyl sites for hydroxylation is 1. The third kappa shape index (κ3) is 2.27. The van der Waals surface area contributed by atoms with Gasteiger partial charge in [-0.1, -0.05) is 24.3 Å². The number of rotatable bonds is 3. The van der Waals surface area contributed by atoms with Crippen LogP contribution in [-0.2, 0) is 0 Å². The predicted molar refractivity (Wildman–Crippen MR) is 72.5 cm³/mol. The van der Waals surface area contributed by atoms with Crippen LogP contribution in [0.4, 0.5) is 4.79 Å². The molecule has 1 unspecified atom stereocenters. The van der Waals surface area contributed by atoms with Crippen molar-refractivity contribution >= 4 is 18.7 Å². The van der Waals surface area contributed by atoms with Gasteiger partial charge < -0.3 is 9.80 Å². The maximum absolute atomic E-state index is 12.0. The minimum Gasteiger partial charge on any atom is -0.321 e. The topological polar surface area (TPSA) is 23.6 Å². The Hall–Kier alpha value is -1.16. The van der Waals surface area contributed by atoms with Crippen molar-refractivity contribution in [1.82, 2.24) is 9.80 Å². The van der Waals surface area contributed by atoms with Crippen molar-refractivity contribution in [2.24, 2.45) is 0 Å². The molecule has 17 heavy (non-hydrogen) atoms. The molecule has 0 aromatic heterocycles. The fourth-order valence-corrected chi connectivity index (χ4v) is 2.58. The molecule has 1 aromatic rings. The first-order valence-electron chi connectivity index (χ1n) is 5.83. The van der Waals surface area contributed by atoms with Gasteiger partial charge in [-0.05, 0) is 18.1 Å². The molecular weight excluding hydrogens is 232 g/mol. The minimum atomic E-state index is 0.104. The molecule has 1 aliphatic rings. The molecule has 1 fully saturated rings. The summed E-state index contributed by atoms with van der Waals surface area (Å²) in [6.45, 7) is 3.57. The summed E-state index contributed by atoms with van der Waals surface area (Å²) in [5.41, 5.74) is 2.48. The average molecular weight is 250 g/mol. The molecule has 1 atom stereocenters. The van der Waals surface area contributed by atoms with E-state index in [1.807, 2.05) is 29.0 Å². The SMILES string of the molecule is Cc1ccccc1C1CN(CCS)C(=O)N1C. The number of likely N-dealkylation sites (N-methyl/N-ethyl adjacent to an activating group) is 1. The van der Waals surface area contributed by atoms with E-state index in [0.717, 1.165) is 6.54 Å². The van der Waals surface area contributed by atoms with Crippen molar-refractivity contribution in [1.29, 1.82) is 0 Å². The van der Waals surface area contributed by atoms with Gasteiger partial charge >= 0.3 is 6.03 Å². The zero-order chi connectivity index (χ0) is 12.4. The number of carbonyl (C=O) groups excluding carboxylic acids is 1. The van der Waals surface area contributed by atoms with Crippen molar-refractivity contribution in [3.8, 4) is 0 Å². The van der Waals surface area contributed by atoms with E-state index < -0.39 is 0 Å². The van der Waals surface area contributed by atoms with Crippen LogP contribution >= 0.6 is 12.6 Å². The molecule has 0 spiro atoms. The summed E-state index contributed by atoms with van der Waals surface area (Å²) in [4.78, 5) is 15.7. The maximum atomic E-state index is 12.0. The highest BCUT2D eigenvalue weighted by atomic mass is 32.1. The predicted octanol–water partition coefficient (Wildman–Crippen LogP) is 2.33. The zero-order valence-electron chi connectivity index (χ0n) is 10.3. The standard InChI is InChI=1S/C13H18N2OS/c1-10-5-3-4-6-11(10)12-9-15(7-8-17)13(16)14(12)2/h3-6,12,17H,7-9H2,1-2H3. The number of carbonyl (C=O) groups is 1. The van der Waals surface area contributed by atoms with E-state index in [-0.39, 0.29) is 12.1 Å². The third-order valence-electron chi connectivity index (χ3n) is 3.35. The largest absolute Gasteiger partial charge is 0.321 e. The van der Waals surface area contributed by atoms with Gasteiger partial charge in [0.1, 0.15) is 0 Å². The van der Waals surface area contributed by atoms with Crippen molar-refractivity contribution in [2.45, 2.75) is 13.0 Å². The minimum absolute atomic E-state index is 0.104. The summed E-state index contributed by atoms with van der Waals surface area (Å²) in [6.07, 6.45) is 0. The molecule has 1 aromatic carbocycles. The lowest BCUT2D eigenvalue weighted by atomic mass is 10.0. The summed E-state index contributed by atoms with van der Waals surface area (Å²) < 4.78 is 0. The number of thiol groups is 1. The highest BCUT2D eigenvalue weighted by molar-refractivity contribution is 7.80. The van der Waals surface area contributed by atoms with E-state index in [1.54, 1.807) is 0 Å². The number of hydrogen-bond donors (Lipinski definition) is 1. The lowest BCUT2D eigenvalue weighted by molar-refractivity contribution is 0.197. The van der Waals surface area contributed by atoms with Gasteiger partial charge in [-0.3, -0.25) is 0 Å². The second-order valence-electron chi connectivity index (χ2n) is 4.44. The summed E-state index contributed by atoms with van der Waals surface area (Å²) in [7, 11) is 1.87. The summed E-state index contributed by atoms with van der Waals surface area (Å²) in [6, 6.07) is 8.53. The van der Waals surface area contributed by atoms with Crippen LogP contribution in [0.15, 0.2) is 24.3 Å². The monoisotopic (exact) mass is 250 g/mol. The Morgan fingerprint density at radius 1 is 1.41 bits per heavy atom. The number of benzene rings is 1. The number of urea groups is 1. The van der Waals surface area contributed by atoms with Gasteiger partial charge in [0.25, 0.3) is 0 Å². The van der Waals surface area contributed by atoms with Crippen LogP contribution in [-0.4, -0.2) is 41.7 Å². The average Bonchev–Trinajstić information content (AvgIpc) is 2.59. The molecule has 3 nitrogen and oxygen atoms in total. The van der Waals surface area contributed by atoms with Gasteiger partial charge in [0.05, 0.1) is 6.04 Å². The Labute approximate surface area is 108 Å². The van der Waals surface area contributed by atoms with Crippen LogP contribution in [0.5, 0.6) is 0 Å². The molecule has 2 amide bonds. The van der Waals surface area contributed by atoms with Crippen molar-refractivity contribution in [3.05, 3.63) is 35.4 Å². The molecule has 1 saturated heterocycles. The molecule has 2 rings (SSSR count). The Kier molecular flexibility index (Phi) is 3.62. The summed E-state index contributed by atoms with van der Waals surface area (Å²) in [5, 5.41) is 0. The molecule has 0 N–H and O–H groups in total. The fraction of sp³-hybridized carbons (Fsp3) is 0.462. The molecule has 0 aliphatic carbocycles. The number of hydrogen-bond acceptors (Lipinski definition) is 2. The van der Waals surface area contributed by atoms with E-state index in [2.05, 4.69) is 31.7 Å². The molecule has 0 bridgehead atoms. The first-order valence-corrected chi connectivity index (χ1v) is 6.46. The molecule has 0 saturated carbocycles. The Morgan fingerprint density at radius 2 is 2.12 bits per heavy atom. The molecule has 0 radical (unpaired) electrons.